The van der Waals surface area contributed by atoms with Crippen LogP contribution in [0.3, 0.4) is 0 Å². The molecule has 0 radical (unpaired) electrons. The second-order valence-corrected chi connectivity index (χ2v) is 7.51. The molecule has 0 atom stereocenters. The first-order chi connectivity index (χ1) is 12.7. The van der Waals surface area contributed by atoms with Gasteiger partial charge in [0.1, 0.15) is 5.82 Å². The molecule has 0 bridgehead atoms. The first kappa shape index (κ1) is 16.6. The van der Waals surface area contributed by atoms with Crippen molar-refractivity contribution in [2.45, 2.75) is 6.42 Å². The van der Waals surface area contributed by atoms with Crippen molar-refractivity contribution in [3.05, 3.63) is 76.0 Å². The van der Waals surface area contributed by atoms with E-state index in [-0.39, 0.29) is 17.4 Å². The van der Waals surface area contributed by atoms with Crippen molar-refractivity contribution in [1.82, 2.24) is 10.1 Å². The van der Waals surface area contributed by atoms with Crippen LogP contribution < -0.4 is 5.32 Å². The predicted octanol–water partition coefficient (Wildman–Crippen LogP) is 4.84. The zero-order valence-electron chi connectivity index (χ0n) is 13.3. The van der Waals surface area contributed by atoms with E-state index >= 15 is 0 Å². The van der Waals surface area contributed by atoms with E-state index in [1.165, 1.54) is 34.8 Å². The summed E-state index contributed by atoms with van der Waals surface area (Å²) in [5.74, 6) is -0.0823. The highest BCUT2D eigenvalue weighted by Gasteiger charge is 2.16. The van der Waals surface area contributed by atoms with Gasteiger partial charge in [-0.05, 0) is 29.1 Å². The van der Waals surface area contributed by atoms with E-state index in [2.05, 4.69) is 15.5 Å². The van der Waals surface area contributed by atoms with Gasteiger partial charge in [-0.1, -0.05) is 23.4 Å². The molecule has 0 fully saturated rings. The molecular weight excluding hydrogens is 373 g/mol. The maximum absolute atomic E-state index is 13.0. The summed E-state index contributed by atoms with van der Waals surface area (Å²) in [6.07, 6.45) is 2.32. The fraction of sp³-hybridized carbons (Fsp3) is 0.0556. The lowest BCUT2D eigenvalue weighted by Crippen LogP contribution is -2.11. The van der Waals surface area contributed by atoms with Gasteiger partial charge in [-0.15, -0.1) is 22.7 Å². The highest BCUT2D eigenvalue weighted by molar-refractivity contribution is 7.15. The minimum absolute atomic E-state index is 0.198. The number of rotatable bonds is 5. The van der Waals surface area contributed by atoms with Gasteiger partial charge in [0.05, 0.1) is 4.88 Å². The molecule has 4 aromatic rings. The summed E-state index contributed by atoms with van der Waals surface area (Å²) in [6, 6.07) is 11.7. The largest absolute Gasteiger partial charge is 0.355 e. The average Bonchev–Trinajstić information content (AvgIpc) is 3.38. The van der Waals surface area contributed by atoms with E-state index in [4.69, 9.17) is 4.52 Å². The Morgan fingerprint density at radius 1 is 1.23 bits per heavy atom. The van der Waals surface area contributed by atoms with E-state index < -0.39 is 0 Å². The Labute approximate surface area is 156 Å². The minimum atomic E-state index is -0.376. The van der Waals surface area contributed by atoms with Crippen molar-refractivity contribution in [2.75, 3.05) is 5.32 Å². The van der Waals surface area contributed by atoms with Crippen molar-refractivity contribution in [3.8, 4) is 10.6 Å². The van der Waals surface area contributed by atoms with E-state index in [1.54, 1.807) is 24.4 Å². The predicted molar refractivity (Wildman–Crippen MR) is 99.1 cm³/mol. The van der Waals surface area contributed by atoms with Gasteiger partial charge < -0.3 is 4.52 Å². The van der Waals surface area contributed by atoms with E-state index in [1.807, 2.05) is 17.5 Å². The van der Waals surface area contributed by atoms with Crippen LogP contribution in [0.25, 0.3) is 10.6 Å². The van der Waals surface area contributed by atoms with Gasteiger partial charge >= 0.3 is 0 Å². The zero-order valence-corrected chi connectivity index (χ0v) is 14.9. The molecule has 0 saturated carbocycles. The number of anilines is 1. The molecule has 0 saturated heterocycles. The monoisotopic (exact) mass is 385 g/mol. The third kappa shape index (κ3) is 3.71. The third-order valence-electron chi connectivity index (χ3n) is 3.57. The van der Waals surface area contributed by atoms with Crippen molar-refractivity contribution >= 4 is 33.7 Å². The second kappa shape index (κ2) is 7.19. The molecule has 3 heterocycles. The molecular formula is C18H12FN3O2S2. The Kier molecular flexibility index (Phi) is 4.59. The number of amides is 1. The molecule has 130 valence electrons. The van der Waals surface area contributed by atoms with Crippen LogP contribution in [-0.2, 0) is 6.42 Å². The van der Waals surface area contributed by atoms with Crippen molar-refractivity contribution in [3.63, 3.8) is 0 Å². The molecule has 5 nitrogen and oxygen atoms in total. The molecule has 8 heteroatoms. The van der Waals surface area contributed by atoms with Crippen LogP contribution in [0.5, 0.6) is 0 Å². The van der Waals surface area contributed by atoms with E-state index in [0.717, 1.165) is 15.3 Å². The standard InChI is InChI=1S/C18H12FN3O2S2/c19-12-5-3-11(4-6-12)8-13-10-20-18(26-13)21-17(23)14-9-15(24-22-14)16-2-1-7-25-16/h1-7,9-10H,8H2,(H,20,21,23). The highest BCUT2D eigenvalue weighted by atomic mass is 32.1. The molecule has 0 aliphatic carbocycles. The summed E-state index contributed by atoms with van der Waals surface area (Å²) in [5, 5.41) is 8.94. The molecule has 1 amide bonds. The second-order valence-electron chi connectivity index (χ2n) is 5.44. The smallest absolute Gasteiger partial charge is 0.279 e. The number of aromatic nitrogens is 2. The molecule has 0 spiro atoms. The normalized spacial score (nSPS) is 10.8. The SMILES string of the molecule is O=C(Nc1ncc(Cc2ccc(F)cc2)s1)c1cc(-c2cccs2)on1. The zero-order chi connectivity index (χ0) is 17.9. The maximum Gasteiger partial charge on any atom is 0.279 e. The molecule has 0 unspecified atom stereocenters. The van der Waals surface area contributed by atoms with Crippen LogP contribution >= 0.6 is 22.7 Å². The Bertz CT molecular complexity index is 1020. The van der Waals surface area contributed by atoms with Crippen molar-refractivity contribution in [1.29, 1.82) is 0 Å². The third-order valence-corrected chi connectivity index (χ3v) is 5.37. The summed E-state index contributed by atoms with van der Waals surface area (Å²) in [5.41, 5.74) is 1.17. The van der Waals surface area contributed by atoms with Gasteiger partial charge in [0.15, 0.2) is 16.6 Å². The quantitative estimate of drug-likeness (QED) is 0.534. The summed E-state index contributed by atoms with van der Waals surface area (Å²) in [4.78, 5) is 18.4. The Hall–Kier alpha value is -2.84. The lowest BCUT2D eigenvalue weighted by atomic mass is 10.1. The number of benzene rings is 1. The molecule has 0 aliphatic rings. The Morgan fingerprint density at radius 3 is 2.85 bits per heavy atom. The van der Waals surface area contributed by atoms with Gasteiger partial charge in [0, 0.05) is 23.6 Å². The van der Waals surface area contributed by atoms with Crippen LogP contribution in [0.2, 0.25) is 0 Å². The fourth-order valence-corrected chi connectivity index (χ4v) is 3.84. The molecule has 26 heavy (non-hydrogen) atoms. The van der Waals surface area contributed by atoms with Gasteiger partial charge in [-0.2, -0.15) is 0 Å². The van der Waals surface area contributed by atoms with Crippen molar-refractivity contribution in [2.24, 2.45) is 0 Å². The van der Waals surface area contributed by atoms with Crippen LogP contribution in [-0.4, -0.2) is 16.0 Å². The number of thiophene rings is 1. The van der Waals surface area contributed by atoms with Crippen LogP contribution in [0.15, 0.2) is 58.6 Å². The summed E-state index contributed by atoms with van der Waals surface area (Å²) in [7, 11) is 0. The average molecular weight is 385 g/mol. The van der Waals surface area contributed by atoms with Gasteiger partial charge in [0.2, 0.25) is 0 Å². The van der Waals surface area contributed by atoms with E-state index in [0.29, 0.717) is 17.3 Å². The number of carbonyl (C=O) groups excluding carboxylic acids is 1. The lowest BCUT2D eigenvalue weighted by molar-refractivity contribution is 0.101. The lowest BCUT2D eigenvalue weighted by Gasteiger charge is -1.98. The number of hydrogen-bond acceptors (Lipinski definition) is 6. The summed E-state index contributed by atoms with van der Waals surface area (Å²) >= 11 is 2.88. The first-order valence-electron chi connectivity index (χ1n) is 7.68. The molecule has 3 aromatic heterocycles. The number of thiazole rings is 1. The first-order valence-corrected chi connectivity index (χ1v) is 9.38. The van der Waals surface area contributed by atoms with Crippen LogP contribution in [0.4, 0.5) is 9.52 Å². The Morgan fingerprint density at radius 2 is 2.08 bits per heavy atom. The number of halogens is 1. The molecule has 1 N–H and O–H groups in total. The van der Waals surface area contributed by atoms with Crippen LogP contribution in [0, 0.1) is 5.82 Å². The number of carbonyl (C=O) groups is 1. The minimum Gasteiger partial charge on any atom is -0.355 e. The molecule has 0 aliphatic heterocycles. The maximum atomic E-state index is 13.0. The number of nitrogens with zero attached hydrogens (tertiary/aromatic N) is 2. The summed E-state index contributed by atoms with van der Waals surface area (Å²) < 4.78 is 18.2. The summed E-state index contributed by atoms with van der Waals surface area (Å²) in [6.45, 7) is 0. The van der Waals surface area contributed by atoms with E-state index in [9.17, 15) is 9.18 Å². The molecule has 4 rings (SSSR count). The topological polar surface area (TPSA) is 68.0 Å². The molecule has 1 aromatic carbocycles. The fourth-order valence-electron chi connectivity index (χ4n) is 2.33. The number of nitrogens with one attached hydrogen (secondary N) is 1. The van der Waals surface area contributed by atoms with Gasteiger partial charge in [-0.25, -0.2) is 9.37 Å². The Balaban J connectivity index is 1.42. The van der Waals surface area contributed by atoms with Gasteiger partial charge in [-0.3, -0.25) is 10.1 Å². The highest BCUT2D eigenvalue weighted by Crippen LogP contribution is 2.26. The van der Waals surface area contributed by atoms with Gasteiger partial charge in [0.25, 0.3) is 5.91 Å². The number of hydrogen-bond donors (Lipinski definition) is 1. The van der Waals surface area contributed by atoms with Crippen molar-refractivity contribution < 1.29 is 13.7 Å². The van der Waals surface area contributed by atoms with Crippen LogP contribution in [0.1, 0.15) is 20.9 Å².